The van der Waals surface area contributed by atoms with E-state index in [4.69, 9.17) is 14.8 Å². The van der Waals surface area contributed by atoms with Gasteiger partial charge in [-0.3, -0.25) is 0 Å². The average molecular weight is 350 g/mol. The number of rotatable bonds is 3. The highest BCUT2D eigenvalue weighted by Crippen LogP contribution is 2.36. The molecule has 0 spiro atoms. The van der Waals surface area contributed by atoms with Crippen LogP contribution in [0.4, 0.5) is 5.82 Å². The van der Waals surface area contributed by atoms with Crippen molar-refractivity contribution in [2.75, 3.05) is 18.6 Å². The van der Waals surface area contributed by atoms with Gasteiger partial charge in [0.05, 0.1) is 18.4 Å². The Kier molecular flexibility index (Phi) is 4.31. The molecule has 1 aliphatic rings. The standard InChI is InChI=1S/C21H26N4O/c1-14-13-19(24-12-8-7-9-15(24)2)25-21(22-14)20(16(3)23-25)17-10-5-6-11-18(17)26-4/h5-6,10-11,13,15H,7-9,12H2,1-4H3/t15-/m1/s1. The van der Waals surface area contributed by atoms with Crippen molar-refractivity contribution in [2.45, 2.75) is 46.1 Å². The van der Waals surface area contributed by atoms with Gasteiger partial charge in [0, 0.05) is 29.9 Å². The van der Waals surface area contributed by atoms with Gasteiger partial charge in [-0.2, -0.15) is 9.61 Å². The van der Waals surface area contributed by atoms with Crippen LogP contribution in [0.1, 0.15) is 37.6 Å². The second-order valence-corrected chi connectivity index (χ2v) is 7.19. The van der Waals surface area contributed by atoms with Gasteiger partial charge in [-0.1, -0.05) is 18.2 Å². The van der Waals surface area contributed by atoms with Gasteiger partial charge in [0.1, 0.15) is 11.6 Å². The minimum Gasteiger partial charge on any atom is -0.496 e. The van der Waals surface area contributed by atoms with Gasteiger partial charge in [0.25, 0.3) is 0 Å². The fourth-order valence-corrected chi connectivity index (χ4v) is 4.03. The summed E-state index contributed by atoms with van der Waals surface area (Å²) >= 11 is 0. The molecule has 0 amide bonds. The Hall–Kier alpha value is -2.56. The summed E-state index contributed by atoms with van der Waals surface area (Å²) in [5.41, 5.74) is 4.98. The zero-order valence-corrected chi connectivity index (χ0v) is 16.0. The van der Waals surface area contributed by atoms with Crippen molar-refractivity contribution in [1.29, 1.82) is 0 Å². The van der Waals surface area contributed by atoms with E-state index in [9.17, 15) is 0 Å². The number of aromatic nitrogens is 3. The lowest BCUT2D eigenvalue weighted by atomic mass is 10.0. The fourth-order valence-electron chi connectivity index (χ4n) is 4.03. The summed E-state index contributed by atoms with van der Waals surface area (Å²) in [4.78, 5) is 7.32. The molecule has 0 aliphatic carbocycles. The maximum absolute atomic E-state index is 5.59. The highest BCUT2D eigenvalue weighted by Gasteiger charge is 2.24. The topological polar surface area (TPSA) is 42.7 Å². The molecule has 0 saturated carbocycles. The van der Waals surface area contributed by atoms with E-state index in [-0.39, 0.29) is 0 Å². The summed E-state index contributed by atoms with van der Waals surface area (Å²) in [6, 6.07) is 10.8. The average Bonchev–Trinajstić information content (AvgIpc) is 2.97. The Morgan fingerprint density at radius 3 is 2.73 bits per heavy atom. The van der Waals surface area contributed by atoms with Gasteiger partial charge in [0.2, 0.25) is 0 Å². The van der Waals surface area contributed by atoms with Crippen LogP contribution in [-0.4, -0.2) is 34.3 Å². The third-order valence-corrected chi connectivity index (χ3v) is 5.35. The van der Waals surface area contributed by atoms with E-state index in [1.165, 1.54) is 19.3 Å². The monoisotopic (exact) mass is 350 g/mol. The number of ether oxygens (including phenoxy) is 1. The predicted octanol–water partition coefficient (Wildman–Crippen LogP) is 4.40. The molecule has 0 radical (unpaired) electrons. The van der Waals surface area contributed by atoms with Crippen molar-refractivity contribution in [3.63, 3.8) is 0 Å². The van der Waals surface area contributed by atoms with Crippen molar-refractivity contribution in [3.05, 3.63) is 41.7 Å². The molecule has 5 nitrogen and oxygen atoms in total. The largest absolute Gasteiger partial charge is 0.496 e. The van der Waals surface area contributed by atoms with E-state index in [1.807, 2.05) is 22.7 Å². The van der Waals surface area contributed by atoms with Crippen LogP contribution >= 0.6 is 0 Å². The molecule has 2 aromatic heterocycles. The van der Waals surface area contributed by atoms with E-state index in [2.05, 4.69) is 37.8 Å². The zero-order valence-electron chi connectivity index (χ0n) is 16.0. The zero-order chi connectivity index (χ0) is 18.3. The lowest BCUT2D eigenvalue weighted by Crippen LogP contribution is -2.38. The molecule has 1 fully saturated rings. The summed E-state index contributed by atoms with van der Waals surface area (Å²) in [6.07, 6.45) is 3.75. The molecule has 3 heterocycles. The number of anilines is 1. The number of fused-ring (bicyclic) bond motifs is 1. The Balaban J connectivity index is 1.96. The summed E-state index contributed by atoms with van der Waals surface area (Å²) in [5.74, 6) is 1.99. The van der Waals surface area contributed by atoms with Crippen LogP contribution in [-0.2, 0) is 0 Å². The van der Waals surface area contributed by atoms with Crippen LogP contribution in [0.5, 0.6) is 5.75 Å². The van der Waals surface area contributed by atoms with E-state index < -0.39 is 0 Å². The van der Waals surface area contributed by atoms with Gasteiger partial charge in [-0.05, 0) is 46.1 Å². The SMILES string of the molecule is COc1ccccc1-c1c(C)nn2c(N3CCCC[C@H]3C)cc(C)nc12. The van der Waals surface area contributed by atoms with Gasteiger partial charge >= 0.3 is 0 Å². The minimum absolute atomic E-state index is 0.521. The van der Waals surface area contributed by atoms with Gasteiger partial charge in [-0.15, -0.1) is 0 Å². The number of hydrogen-bond donors (Lipinski definition) is 0. The van der Waals surface area contributed by atoms with E-state index in [0.29, 0.717) is 6.04 Å². The molecule has 1 atom stereocenters. The molecule has 0 bridgehead atoms. The quantitative estimate of drug-likeness (QED) is 0.702. The van der Waals surface area contributed by atoms with Crippen LogP contribution in [0, 0.1) is 13.8 Å². The fraction of sp³-hybridized carbons (Fsp3) is 0.429. The number of para-hydroxylation sites is 1. The molecular formula is C21H26N4O. The van der Waals surface area contributed by atoms with Crippen molar-refractivity contribution in [3.8, 4) is 16.9 Å². The number of benzene rings is 1. The number of piperidine rings is 1. The third kappa shape index (κ3) is 2.71. The normalized spacial score (nSPS) is 17.7. The highest BCUT2D eigenvalue weighted by molar-refractivity contribution is 5.84. The highest BCUT2D eigenvalue weighted by atomic mass is 16.5. The van der Waals surface area contributed by atoms with Crippen LogP contribution in [0.3, 0.4) is 0 Å². The molecule has 5 heteroatoms. The molecule has 1 aliphatic heterocycles. The van der Waals surface area contributed by atoms with Gasteiger partial charge < -0.3 is 9.64 Å². The maximum Gasteiger partial charge on any atom is 0.165 e. The summed E-state index contributed by atoms with van der Waals surface area (Å²) < 4.78 is 7.61. The minimum atomic E-state index is 0.521. The first kappa shape index (κ1) is 16.9. The second kappa shape index (κ2) is 6.63. The maximum atomic E-state index is 5.59. The first-order valence-corrected chi connectivity index (χ1v) is 9.37. The van der Waals surface area contributed by atoms with Gasteiger partial charge in [-0.25, -0.2) is 4.98 Å². The van der Waals surface area contributed by atoms with Gasteiger partial charge in [0.15, 0.2) is 5.65 Å². The molecule has 136 valence electrons. The Morgan fingerprint density at radius 2 is 1.96 bits per heavy atom. The van der Waals surface area contributed by atoms with Crippen molar-refractivity contribution < 1.29 is 4.74 Å². The summed E-state index contributed by atoms with van der Waals surface area (Å²) in [6.45, 7) is 7.49. The lowest BCUT2D eigenvalue weighted by molar-refractivity contribution is 0.416. The van der Waals surface area contributed by atoms with Crippen LogP contribution < -0.4 is 9.64 Å². The van der Waals surface area contributed by atoms with Crippen molar-refractivity contribution >= 4 is 11.5 Å². The first-order valence-electron chi connectivity index (χ1n) is 9.37. The third-order valence-electron chi connectivity index (χ3n) is 5.35. The molecule has 1 aromatic carbocycles. The lowest BCUT2D eigenvalue weighted by Gasteiger charge is -2.35. The molecule has 0 unspecified atom stereocenters. The predicted molar refractivity (Wildman–Crippen MR) is 105 cm³/mol. The van der Waals surface area contributed by atoms with Crippen LogP contribution in [0.2, 0.25) is 0 Å². The molecule has 0 N–H and O–H groups in total. The molecular weight excluding hydrogens is 324 g/mol. The Morgan fingerprint density at radius 1 is 1.15 bits per heavy atom. The summed E-state index contributed by atoms with van der Waals surface area (Å²) in [5, 5.41) is 4.87. The smallest absolute Gasteiger partial charge is 0.165 e. The van der Waals surface area contributed by atoms with Crippen LogP contribution in [0.15, 0.2) is 30.3 Å². The van der Waals surface area contributed by atoms with E-state index in [1.54, 1.807) is 7.11 Å². The molecule has 1 saturated heterocycles. The molecule has 26 heavy (non-hydrogen) atoms. The number of methoxy groups -OCH3 is 1. The Labute approximate surface area is 154 Å². The number of aryl methyl sites for hydroxylation is 2. The Bertz CT molecular complexity index is 947. The van der Waals surface area contributed by atoms with E-state index >= 15 is 0 Å². The second-order valence-electron chi connectivity index (χ2n) is 7.19. The van der Waals surface area contributed by atoms with E-state index in [0.717, 1.165) is 46.3 Å². The number of hydrogen-bond acceptors (Lipinski definition) is 4. The van der Waals surface area contributed by atoms with Crippen molar-refractivity contribution in [2.24, 2.45) is 0 Å². The summed E-state index contributed by atoms with van der Waals surface area (Å²) in [7, 11) is 1.71. The van der Waals surface area contributed by atoms with Crippen molar-refractivity contribution in [1.82, 2.24) is 14.6 Å². The molecule has 3 aromatic rings. The van der Waals surface area contributed by atoms with Crippen LogP contribution in [0.25, 0.3) is 16.8 Å². The number of nitrogens with zero attached hydrogens (tertiary/aromatic N) is 4. The first-order chi connectivity index (χ1) is 12.6. The molecule has 4 rings (SSSR count).